The second-order valence-electron chi connectivity index (χ2n) is 2.40. The smallest absolute Gasteiger partial charge is 0.274 e. The standard InChI is InChI=1S/C9H7Cl2NO2/c1-14-12-8(9(11)13)6-2-4-7(10)5-3-6/h2-5H,1H3. The van der Waals surface area contributed by atoms with Crippen LogP contribution in [-0.2, 0) is 9.63 Å². The SMILES string of the molecule is CON=C(C(=O)Cl)c1ccc(Cl)cc1. The van der Waals surface area contributed by atoms with Crippen LogP contribution in [0.2, 0.25) is 5.02 Å². The van der Waals surface area contributed by atoms with Crippen molar-refractivity contribution in [1.82, 2.24) is 0 Å². The van der Waals surface area contributed by atoms with Crippen LogP contribution in [0.15, 0.2) is 29.4 Å². The van der Waals surface area contributed by atoms with Crippen LogP contribution >= 0.6 is 23.2 Å². The first-order valence-corrected chi connectivity index (χ1v) is 4.47. The predicted molar refractivity (Wildman–Crippen MR) is 55.9 cm³/mol. The summed E-state index contributed by atoms with van der Waals surface area (Å²) in [4.78, 5) is 15.4. The Labute approximate surface area is 91.3 Å². The van der Waals surface area contributed by atoms with E-state index in [1.54, 1.807) is 24.3 Å². The molecule has 0 atom stereocenters. The second-order valence-corrected chi connectivity index (χ2v) is 3.18. The molecule has 0 aliphatic carbocycles. The Kier molecular flexibility index (Phi) is 3.92. The van der Waals surface area contributed by atoms with E-state index in [0.29, 0.717) is 10.6 Å². The third-order valence-electron chi connectivity index (χ3n) is 1.49. The van der Waals surface area contributed by atoms with Crippen molar-refractivity contribution in [3.05, 3.63) is 34.9 Å². The van der Waals surface area contributed by atoms with E-state index in [9.17, 15) is 4.79 Å². The molecule has 0 radical (unpaired) electrons. The van der Waals surface area contributed by atoms with Gasteiger partial charge in [-0.3, -0.25) is 4.79 Å². The molecule has 14 heavy (non-hydrogen) atoms. The van der Waals surface area contributed by atoms with Crippen LogP contribution < -0.4 is 0 Å². The zero-order valence-electron chi connectivity index (χ0n) is 7.33. The molecule has 0 aromatic heterocycles. The average Bonchev–Trinajstić information content (AvgIpc) is 2.15. The molecule has 0 aliphatic rings. The highest BCUT2D eigenvalue weighted by Gasteiger charge is 2.11. The molecule has 0 N–H and O–H groups in total. The predicted octanol–water partition coefficient (Wildman–Crippen LogP) is 2.46. The fraction of sp³-hybridized carbons (Fsp3) is 0.111. The van der Waals surface area contributed by atoms with Crippen LogP contribution in [0.1, 0.15) is 5.56 Å². The van der Waals surface area contributed by atoms with E-state index in [0.717, 1.165) is 0 Å². The molecule has 74 valence electrons. The summed E-state index contributed by atoms with van der Waals surface area (Å²) >= 11 is 11.0. The molecular weight excluding hydrogens is 225 g/mol. The molecule has 0 saturated heterocycles. The van der Waals surface area contributed by atoms with Gasteiger partial charge in [-0.05, 0) is 23.7 Å². The minimum atomic E-state index is -0.672. The van der Waals surface area contributed by atoms with E-state index < -0.39 is 5.24 Å². The maximum Gasteiger partial charge on any atom is 0.274 e. The lowest BCUT2D eigenvalue weighted by Gasteiger charge is -2.00. The molecule has 0 heterocycles. The first kappa shape index (κ1) is 11.0. The summed E-state index contributed by atoms with van der Waals surface area (Å²) in [6, 6.07) is 6.56. The molecule has 0 saturated carbocycles. The number of hydrogen-bond donors (Lipinski definition) is 0. The van der Waals surface area contributed by atoms with Crippen molar-refractivity contribution in [2.45, 2.75) is 0 Å². The van der Waals surface area contributed by atoms with Crippen molar-refractivity contribution >= 4 is 34.2 Å². The maximum absolute atomic E-state index is 10.9. The zero-order chi connectivity index (χ0) is 10.6. The summed E-state index contributed by atoms with van der Waals surface area (Å²) in [6.07, 6.45) is 0. The van der Waals surface area contributed by atoms with Gasteiger partial charge in [-0.15, -0.1) is 0 Å². The number of benzene rings is 1. The van der Waals surface area contributed by atoms with E-state index in [4.69, 9.17) is 23.2 Å². The van der Waals surface area contributed by atoms with Gasteiger partial charge in [0.05, 0.1) is 0 Å². The van der Waals surface area contributed by atoms with Crippen molar-refractivity contribution in [3.63, 3.8) is 0 Å². The summed E-state index contributed by atoms with van der Waals surface area (Å²) in [5.74, 6) is 0. The molecule has 0 amide bonds. The minimum absolute atomic E-state index is 0.0610. The molecule has 0 aliphatic heterocycles. The Morgan fingerprint density at radius 1 is 1.36 bits per heavy atom. The van der Waals surface area contributed by atoms with Gasteiger partial charge < -0.3 is 4.84 Å². The van der Waals surface area contributed by atoms with Crippen LogP contribution in [0.5, 0.6) is 0 Å². The molecule has 0 unspecified atom stereocenters. The molecule has 1 aromatic carbocycles. The van der Waals surface area contributed by atoms with Crippen molar-refractivity contribution in [2.24, 2.45) is 5.16 Å². The number of rotatable bonds is 3. The van der Waals surface area contributed by atoms with Crippen molar-refractivity contribution in [2.75, 3.05) is 7.11 Å². The zero-order valence-corrected chi connectivity index (χ0v) is 8.84. The first-order chi connectivity index (χ1) is 6.65. The molecule has 0 spiro atoms. The Morgan fingerprint density at radius 2 is 1.93 bits per heavy atom. The number of hydrogen-bond acceptors (Lipinski definition) is 3. The van der Waals surface area contributed by atoms with E-state index in [1.807, 2.05) is 0 Å². The minimum Gasteiger partial charge on any atom is -0.398 e. The third-order valence-corrected chi connectivity index (χ3v) is 1.92. The third kappa shape index (κ3) is 2.72. The highest BCUT2D eigenvalue weighted by atomic mass is 35.5. The van der Waals surface area contributed by atoms with Gasteiger partial charge in [0.2, 0.25) is 0 Å². The van der Waals surface area contributed by atoms with Gasteiger partial charge in [-0.2, -0.15) is 0 Å². The molecule has 1 aromatic rings. The summed E-state index contributed by atoms with van der Waals surface area (Å²) in [6.45, 7) is 0. The number of oxime groups is 1. The van der Waals surface area contributed by atoms with Crippen molar-refractivity contribution in [1.29, 1.82) is 0 Å². The van der Waals surface area contributed by atoms with Crippen LogP contribution in [-0.4, -0.2) is 18.1 Å². The fourth-order valence-electron chi connectivity index (χ4n) is 0.901. The Hall–Kier alpha value is -1.06. The lowest BCUT2D eigenvalue weighted by molar-refractivity contribution is -0.106. The van der Waals surface area contributed by atoms with Crippen LogP contribution in [0.25, 0.3) is 0 Å². The van der Waals surface area contributed by atoms with E-state index in [1.165, 1.54) is 7.11 Å². The Morgan fingerprint density at radius 3 is 2.36 bits per heavy atom. The summed E-state index contributed by atoms with van der Waals surface area (Å²) in [5, 5.41) is 3.42. The lowest BCUT2D eigenvalue weighted by atomic mass is 10.1. The van der Waals surface area contributed by atoms with Gasteiger partial charge in [0, 0.05) is 10.6 Å². The highest BCUT2D eigenvalue weighted by molar-refractivity contribution is 6.84. The first-order valence-electron chi connectivity index (χ1n) is 3.72. The number of carbonyl (C=O) groups is 1. The van der Waals surface area contributed by atoms with E-state index in [-0.39, 0.29) is 5.71 Å². The normalized spacial score (nSPS) is 11.2. The molecule has 5 heteroatoms. The van der Waals surface area contributed by atoms with Gasteiger partial charge in [-0.1, -0.05) is 28.9 Å². The number of nitrogens with zero attached hydrogens (tertiary/aromatic N) is 1. The van der Waals surface area contributed by atoms with Gasteiger partial charge >= 0.3 is 0 Å². The van der Waals surface area contributed by atoms with E-state index in [2.05, 4.69) is 9.99 Å². The fourth-order valence-corrected chi connectivity index (χ4v) is 1.17. The Balaban J connectivity index is 3.06. The number of halogens is 2. The second kappa shape index (κ2) is 4.98. The molecule has 0 bridgehead atoms. The molecular formula is C9H7Cl2NO2. The lowest BCUT2D eigenvalue weighted by Crippen LogP contribution is -2.09. The maximum atomic E-state index is 10.9. The van der Waals surface area contributed by atoms with Gasteiger partial charge in [-0.25, -0.2) is 0 Å². The summed E-state index contributed by atoms with van der Waals surface area (Å²) < 4.78 is 0. The topological polar surface area (TPSA) is 38.7 Å². The summed E-state index contributed by atoms with van der Waals surface area (Å²) in [7, 11) is 1.34. The Bertz CT molecular complexity index is 360. The van der Waals surface area contributed by atoms with Crippen LogP contribution in [0, 0.1) is 0 Å². The van der Waals surface area contributed by atoms with Gasteiger partial charge in [0.1, 0.15) is 7.11 Å². The van der Waals surface area contributed by atoms with Gasteiger partial charge in [0.15, 0.2) is 5.71 Å². The van der Waals surface area contributed by atoms with Crippen LogP contribution in [0.4, 0.5) is 0 Å². The molecule has 3 nitrogen and oxygen atoms in total. The summed E-state index contributed by atoms with van der Waals surface area (Å²) in [5.41, 5.74) is 0.627. The highest BCUT2D eigenvalue weighted by Crippen LogP contribution is 2.11. The molecule has 0 fully saturated rings. The van der Waals surface area contributed by atoms with Crippen LogP contribution in [0.3, 0.4) is 0 Å². The number of carbonyl (C=O) groups excluding carboxylic acids is 1. The van der Waals surface area contributed by atoms with E-state index >= 15 is 0 Å². The monoisotopic (exact) mass is 231 g/mol. The largest absolute Gasteiger partial charge is 0.398 e. The quantitative estimate of drug-likeness (QED) is 0.456. The molecule has 1 rings (SSSR count). The van der Waals surface area contributed by atoms with Crippen molar-refractivity contribution in [3.8, 4) is 0 Å². The van der Waals surface area contributed by atoms with Gasteiger partial charge in [0.25, 0.3) is 5.24 Å². The average molecular weight is 232 g/mol. The van der Waals surface area contributed by atoms with Crippen molar-refractivity contribution < 1.29 is 9.63 Å².